The molecule has 3 aromatic rings. The quantitative estimate of drug-likeness (QED) is 0.240. The van der Waals surface area contributed by atoms with E-state index in [1.54, 1.807) is 18.3 Å². The fourth-order valence-electron chi connectivity index (χ4n) is 10.3. The van der Waals surface area contributed by atoms with Gasteiger partial charge in [-0.1, -0.05) is 0 Å². The highest BCUT2D eigenvalue weighted by Crippen LogP contribution is 2.59. The Kier molecular flexibility index (Phi) is 7.52. The van der Waals surface area contributed by atoms with E-state index in [1.807, 2.05) is 15.5 Å². The van der Waals surface area contributed by atoms with Crippen molar-refractivity contribution in [2.24, 2.45) is 23.7 Å². The molecule has 1 amide bonds. The summed E-state index contributed by atoms with van der Waals surface area (Å²) in [6.45, 7) is -0.366. The number of amides is 1. The molecule has 3 heterocycles. The van der Waals surface area contributed by atoms with Crippen LogP contribution in [0.5, 0.6) is 5.75 Å². The molecule has 2 N–H and O–H groups in total. The van der Waals surface area contributed by atoms with Crippen LogP contribution in [0.4, 0.5) is 22.0 Å². The molecule has 6 aliphatic rings. The molecule has 5 saturated carbocycles. The minimum Gasteiger partial charge on any atom is -0.490 e. The van der Waals surface area contributed by atoms with Gasteiger partial charge in [-0.05, 0) is 106 Å². The van der Waals surface area contributed by atoms with Crippen LogP contribution in [-0.4, -0.2) is 73.1 Å². The summed E-state index contributed by atoms with van der Waals surface area (Å²) < 4.78 is 79.0. The molecule has 272 valence electrons. The summed E-state index contributed by atoms with van der Waals surface area (Å²) in [5, 5.41) is 13.7. The lowest BCUT2D eigenvalue weighted by atomic mass is 9.62. The van der Waals surface area contributed by atoms with E-state index in [0.29, 0.717) is 54.2 Å². The van der Waals surface area contributed by atoms with Gasteiger partial charge < -0.3 is 19.7 Å². The van der Waals surface area contributed by atoms with Crippen molar-refractivity contribution in [1.29, 1.82) is 0 Å². The van der Waals surface area contributed by atoms with Crippen LogP contribution in [0.2, 0.25) is 0 Å². The van der Waals surface area contributed by atoms with Crippen molar-refractivity contribution in [2.45, 2.75) is 106 Å². The minimum absolute atomic E-state index is 0.0697. The number of hydrogen-bond acceptors (Lipinski definition) is 6. The van der Waals surface area contributed by atoms with E-state index in [4.69, 9.17) is 4.74 Å². The van der Waals surface area contributed by atoms with Crippen molar-refractivity contribution in [2.75, 3.05) is 13.1 Å². The van der Waals surface area contributed by atoms with E-state index in [1.165, 1.54) is 0 Å². The molecule has 6 fully saturated rings. The molecule has 14 heteroatoms. The Labute approximate surface area is 290 Å². The third-order valence-electron chi connectivity index (χ3n) is 12.9. The van der Waals surface area contributed by atoms with Crippen molar-refractivity contribution < 1.29 is 41.4 Å². The molecule has 0 spiro atoms. The van der Waals surface area contributed by atoms with Gasteiger partial charge in [0.05, 0.1) is 30.3 Å². The molecular formula is C37H40F5N5O4. The van der Waals surface area contributed by atoms with Gasteiger partial charge in [-0.15, -0.1) is 0 Å². The number of rotatable bonds is 8. The largest absolute Gasteiger partial charge is 0.490 e. The molecule has 51 heavy (non-hydrogen) atoms. The number of carboxylic acids is 1. The van der Waals surface area contributed by atoms with E-state index in [0.717, 1.165) is 56.7 Å². The molecule has 1 aliphatic heterocycles. The van der Waals surface area contributed by atoms with Crippen molar-refractivity contribution in [3.05, 3.63) is 41.9 Å². The third kappa shape index (κ3) is 5.58. The molecule has 2 aromatic heterocycles. The summed E-state index contributed by atoms with van der Waals surface area (Å²) in [5.41, 5.74) is -2.66. The summed E-state index contributed by atoms with van der Waals surface area (Å²) >= 11 is 0. The van der Waals surface area contributed by atoms with Gasteiger partial charge in [0, 0.05) is 41.5 Å². The molecule has 5 aliphatic carbocycles. The average molecular weight is 714 g/mol. The SMILES string of the molecule is O=C(NC1(C(=O)O)C2CCC3CC1CC3C2)c1cnc(-c2cn(C3CC3)c3cc(O[C@H]4CC[C@@H](N5CC(F)(F)C5)CC4)ccc23)nc1C(F)(F)F. The van der Waals surface area contributed by atoms with Gasteiger partial charge in [0.15, 0.2) is 11.5 Å². The first kappa shape index (κ1) is 33.1. The molecule has 3 bridgehead atoms. The van der Waals surface area contributed by atoms with Crippen LogP contribution in [0.3, 0.4) is 0 Å². The number of hydrogen-bond donors (Lipinski definition) is 2. The number of fused-ring (bicyclic) bond motifs is 3. The van der Waals surface area contributed by atoms with Gasteiger partial charge in [0.25, 0.3) is 11.8 Å². The predicted molar refractivity (Wildman–Crippen MR) is 174 cm³/mol. The number of nitrogens with one attached hydrogen (secondary N) is 1. The van der Waals surface area contributed by atoms with E-state index in [9.17, 15) is 36.6 Å². The Morgan fingerprint density at radius 3 is 2.31 bits per heavy atom. The number of likely N-dealkylation sites (tertiary alicyclic amines) is 1. The third-order valence-corrected chi connectivity index (χ3v) is 12.9. The Morgan fingerprint density at radius 1 is 0.922 bits per heavy atom. The first-order valence-corrected chi connectivity index (χ1v) is 18.2. The van der Waals surface area contributed by atoms with E-state index in [2.05, 4.69) is 15.3 Å². The van der Waals surface area contributed by atoms with Crippen LogP contribution in [0.15, 0.2) is 30.6 Å². The van der Waals surface area contributed by atoms with Gasteiger partial charge in [-0.25, -0.2) is 23.5 Å². The summed E-state index contributed by atoms with van der Waals surface area (Å²) in [5.74, 6) is -4.34. The maximum atomic E-state index is 14.7. The maximum Gasteiger partial charge on any atom is 0.434 e. The second kappa shape index (κ2) is 11.6. The molecule has 5 atom stereocenters. The Balaban J connectivity index is 0.985. The van der Waals surface area contributed by atoms with Gasteiger partial charge in [-0.3, -0.25) is 9.69 Å². The highest BCUT2D eigenvalue weighted by molar-refractivity contribution is 6.00. The fraction of sp³-hybridized carbons (Fsp3) is 0.622. The van der Waals surface area contributed by atoms with Gasteiger partial charge in [0.1, 0.15) is 11.3 Å². The van der Waals surface area contributed by atoms with Crippen LogP contribution < -0.4 is 10.1 Å². The summed E-state index contributed by atoms with van der Waals surface area (Å²) in [7, 11) is 0. The van der Waals surface area contributed by atoms with Crippen LogP contribution in [0.25, 0.3) is 22.3 Å². The molecule has 0 radical (unpaired) electrons. The Bertz CT molecular complexity index is 1890. The van der Waals surface area contributed by atoms with E-state index in [-0.39, 0.29) is 48.9 Å². The summed E-state index contributed by atoms with van der Waals surface area (Å²) in [6, 6.07) is 5.74. The lowest BCUT2D eigenvalue weighted by Gasteiger charge is -2.47. The molecule has 9 nitrogen and oxygen atoms in total. The molecule has 9 rings (SSSR count). The first-order valence-electron chi connectivity index (χ1n) is 18.2. The Hall–Kier alpha value is -3.81. The summed E-state index contributed by atoms with van der Waals surface area (Å²) in [4.78, 5) is 36.6. The molecule has 5 unspecified atom stereocenters. The molecule has 1 aromatic carbocycles. The monoisotopic (exact) mass is 713 g/mol. The van der Waals surface area contributed by atoms with Crippen LogP contribution in [-0.2, 0) is 11.0 Å². The number of halogens is 5. The minimum atomic E-state index is -5.00. The lowest BCUT2D eigenvalue weighted by Crippen LogP contribution is -2.65. The highest BCUT2D eigenvalue weighted by Gasteiger charge is 2.63. The van der Waals surface area contributed by atoms with Gasteiger partial charge in [-0.2, -0.15) is 13.2 Å². The number of alkyl halides is 5. The summed E-state index contributed by atoms with van der Waals surface area (Å²) in [6.07, 6.45) is 5.85. The van der Waals surface area contributed by atoms with Crippen molar-refractivity contribution in [3.63, 3.8) is 0 Å². The zero-order valence-corrected chi connectivity index (χ0v) is 28.0. The molecule has 1 saturated heterocycles. The topological polar surface area (TPSA) is 110 Å². The van der Waals surface area contributed by atoms with E-state index >= 15 is 0 Å². The fourth-order valence-corrected chi connectivity index (χ4v) is 10.3. The number of aromatic nitrogens is 3. The standard InChI is InChI=1S/C37H40F5N5O4/c38-35(39)17-46(18-35)23-5-7-25(8-6-23)51-26-9-10-27-29(16-47(24-3-4-24)30(27)14-26)32-43-15-28(31(44-32)37(40,41)42)33(48)45-36(34(49)50)21-2-1-19-11-22(36)13-20(19)12-21/h9-10,14-16,19-25H,1-8,11-13,17-18H2,(H,45,48)(H,49,50)/t19?,20?,21?,22?,23-,25+,36?. The van der Waals surface area contributed by atoms with Crippen molar-refractivity contribution >= 4 is 22.8 Å². The number of carboxylic acid groups (broad SMARTS) is 1. The lowest BCUT2D eigenvalue weighted by molar-refractivity contribution is -0.152. The van der Waals surface area contributed by atoms with Gasteiger partial charge >= 0.3 is 12.1 Å². The van der Waals surface area contributed by atoms with Crippen molar-refractivity contribution in [1.82, 2.24) is 24.8 Å². The number of ether oxygens (including phenoxy) is 1. The highest BCUT2D eigenvalue weighted by atomic mass is 19.4. The number of carbonyl (C=O) groups is 2. The first-order chi connectivity index (χ1) is 24.3. The van der Waals surface area contributed by atoms with Crippen LogP contribution in [0.1, 0.15) is 92.7 Å². The normalized spacial score (nSPS) is 32.9. The average Bonchev–Trinajstić information content (AvgIpc) is 3.78. The van der Waals surface area contributed by atoms with Gasteiger partial charge in [0.2, 0.25) is 0 Å². The zero-order valence-electron chi connectivity index (χ0n) is 28.0. The number of nitrogens with zero attached hydrogens (tertiary/aromatic N) is 4. The number of carbonyl (C=O) groups excluding carboxylic acids is 1. The smallest absolute Gasteiger partial charge is 0.434 e. The second-order valence-electron chi connectivity index (χ2n) is 15.9. The van der Waals surface area contributed by atoms with Crippen LogP contribution in [0, 0.1) is 23.7 Å². The second-order valence-corrected chi connectivity index (χ2v) is 15.9. The number of benzene rings is 1. The predicted octanol–water partition coefficient (Wildman–Crippen LogP) is 7.10. The van der Waals surface area contributed by atoms with Crippen molar-refractivity contribution in [3.8, 4) is 17.1 Å². The zero-order chi connectivity index (χ0) is 35.4. The number of aliphatic carboxylic acids is 1. The van der Waals surface area contributed by atoms with Crippen LogP contribution >= 0.6 is 0 Å². The Morgan fingerprint density at radius 2 is 1.63 bits per heavy atom. The molecular weight excluding hydrogens is 673 g/mol. The maximum absolute atomic E-state index is 14.7. The van der Waals surface area contributed by atoms with E-state index < -0.39 is 40.8 Å².